The lowest BCUT2D eigenvalue weighted by Crippen LogP contribution is -2.12. The van der Waals surface area contributed by atoms with E-state index in [4.69, 9.17) is 9.47 Å². The smallest absolute Gasteiger partial charge is 0.343 e. The van der Waals surface area contributed by atoms with E-state index in [1.165, 1.54) is 11.1 Å². The molecule has 0 aliphatic carbocycles. The van der Waals surface area contributed by atoms with Gasteiger partial charge < -0.3 is 9.47 Å². The van der Waals surface area contributed by atoms with Gasteiger partial charge in [0.1, 0.15) is 11.5 Å². The molecule has 0 amide bonds. The fraction of sp³-hybridized carbons (Fsp3) is 0.278. The van der Waals surface area contributed by atoms with Gasteiger partial charge in [0.15, 0.2) is 0 Å². The Morgan fingerprint density at radius 3 is 1.20 bits per heavy atom. The van der Waals surface area contributed by atoms with E-state index < -0.39 is 11.9 Å². The molecule has 0 fully saturated rings. The van der Waals surface area contributed by atoms with Crippen LogP contribution in [0.3, 0.4) is 0 Å². The van der Waals surface area contributed by atoms with Gasteiger partial charge >= 0.3 is 11.9 Å². The standard InChI is InChI=1S/C36H38O4/c1-7-9-27-13-17-29(18-14-27)35(37)39-31-21-11-23(3)25(5)33(31)34-26(6)24(4)12-22-32(34)40-36(38)30-19-15-28(10-8-2)16-20-30/h11-22H,7-10H2,1-6H3. The normalized spacial score (nSPS) is 10.8. The highest BCUT2D eigenvalue weighted by Crippen LogP contribution is 2.43. The minimum absolute atomic E-state index is 0.427. The van der Waals surface area contributed by atoms with E-state index >= 15 is 0 Å². The summed E-state index contributed by atoms with van der Waals surface area (Å²) in [5.41, 5.74) is 8.85. The zero-order chi connectivity index (χ0) is 28.8. The first-order valence-electron chi connectivity index (χ1n) is 14.1. The summed E-state index contributed by atoms with van der Waals surface area (Å²) in [6.07, 6.45) is 4.02. The summed E-state index contributed by atoms with van der Waals surface area (Å²) in [6.45, 7) is 12.3. The number of ether oxygens (including phenoxy) is 2. The molecule has 206 valence electrons. The predicted molar refractivity (Wildman–Crippen MR) is 162 cm³/mol. The van der Waals surface area contributed by atoms with E-state index in [-0.39, 0.29) is 0 Å². The second kappa shape index (κ2) is 12.8. The fourth-order valence-corrected chi connectivity index (χ4v) is 4.88. The van der Waals surface area contributed by atoms with Crippen LogP contribution in [-0.4, -0.2) is 11.9 Å². The van der Waals surface area contributed by atoms with Crippen LogP contribution in [0, 0.1) is 27.7 Å². The van der Waals surface area contributed by atoms with E-state index in [0.29, 0.717) is 22.6 Å². The van der Waals surface area contributed by atoms with E-state index in [1.54, 1.807) is 0 Å². The maximum atomic E-state index is 13.2. The molecule has 0 heterocycles. The Balaban J connectivity index is 1.73. The Morgan fingerprint density at radius 2 is 0.875 bits per heavy atom. The second-order valence-electron chi connectivity index (χ2n) is 10.4. The Hall–Kier alpha value is -4.18. The first-order chi connectivity index (χ1) is 19.2. The molecule has 0 saturated heterocycles. The summed E-state index contributed by atoms with van der Waals surface area (Å²) in [5.74, 6) is 0.00782. The lowest BCUT2D eigenvalue weighted by molar-refractivity contribution is 0.0723. The molecule has 0 unspecified atom stereocenters. The van der Waals surface area contributed by atoms with Crippen LogP contribution in [0.5, 0.6) is 11.5 Å². The van der Waals surface area contributed by atoms with Gasteiger partial charge in [-0.25, -0.2) is 9.59 Å². The fourth-order valence-electron chi connectivity index (χ4n) is 4.88. The van der Waals surface area contributed by atoms with Crippen LogP contribution < -0.4 is 9.47 Å². The zero-order valence-corrected chi connectivity index (χ0v) is 24.4. The van der Waals surface area contributed by atoms with Crippen molar-refractivity contribution in [1.82, 2.24) is 0 Å². The number of esters is 2. The molecule has 0 N–H and O–H groups in total. The lowest BCUT2D eigenvalue weighted by Gasteiger charge is -2.20. The van der Waals surface area contributed by atoms with Crippen molar-refractivity contribution < 1.29 is 19.1 Å². The van der Waals surface area contributed by atoms with Crippen LogP contribution in [0.15, 0.2) is 72.8 Å². The van der Waals surface area contributed by atoms with Crippen LogP contribution in [0.2, 0.25) is 0 Å². The first kappa shape index (κ1) is 28.8. The molecule has 0 aromatic heterocycles. The largest absolute Gasteiger partial charge is 0.422 e. The van der Waals surface area contributed by atoms with Gasteiger partial charge in [-0.05, 0) is 110 Å². The van der Waals surface area contributed by atoms with Crippen LogP contribution in [0.4, 0.5) is 0 Å². The number of carbonyl (C=O) groups excluding carboxylic acids is 2. The monoisotopic (exact) mass is 534 g/mol. The number of rotatable bonds is 9. The molecule has 4 aromatic rings. The molecule has 0 saturated carbocycles. The van der Waals surface area contributed by atoms with Gasteiger partial charge in [0.2, 0.25) is 0 Å². The second-order valence-corrected chi connectivity index (χ2v) is 10.4. The number of aryl methyl sites for hydroxylation is 4. The number of carbonyl (C=O) groups is 2. The summed E-state index contributed by atoms with van der Waals surface area (Å²) >= 11 is 0. The SMILES string of the molecule is CCCc1ccc(C(=O)Oc2ccc(C)c(C)c2-c2c(OC(=O)c3ccc(CCC)cc3)ccc(C)c2C)cc1. The molecule has 0 spiro atoms. The van der Waals surface area contributed by atoms with Crippen LogP contribution in [-0.2, 0) is 12.8 Å². The van der Waals surface area contributed by atoms with Crippen molar-refractivity contribution in [2.75, 3.05) is 0 Å². The maximum absolute atomic E-state index is 13.2. The first-order valence-corrected chi connectivity index (χ1v) is 14.1. The minimum atomic E-state index is -0.427. The van der Waals surface area contributed by atoms with Crippen molar-refractivity contribution in [3.05, 3.63) is 117 Å². The molecule has 4 nitrogen and oxygen atoms in total. The highest BCUT2D eigenvalue weighted by atomic mass is 16.5. The van der Waals surface area contributed by atoms with Crippen molar-refractivity contribution in [3.63, 3.8) is 0 Å². The Kier molecular flexibility index (Phi) is 9.21. The van der Waals surface area contributed by atoms with Crippen LogP contribution in [0.1, 0.15) is 80.8 Å². The van der Waals surface area contributed by atoms with E-state index in [1.807, 2.05) is 100 Å². The molecule has 0 aliphatic heterocycles. The summed E-state index contributed by atoms with van der Waals surface area (Å²) < 4.78 is 12.0. The molecular formula is C36H38O4. The third-order valence-corrected chi connectivity index (χ3v) is 7.51. The lowest BCUT2D eigenvalue weighted by atomic mass is 9.90. The molecule has 0 aliphatic rings. The predicted octanol–water partition coefficient (Wildman–Crippen LogP) is 8.93. The summed E-state index contributed by atoms with van der Waals surface area (Å²) in [7, 11) is 0. The van der Waals surface area contributed by atoms with Crippen LogP contribution >= 0.6 is 0 Å². The highest BCUT2D eigenvalue weighted by Gasteiger charge is 2.23. The quantitative estimate of drug-likeness (QED) is 0.159. The average Bonchev–Trinajstić information content (AvgIpc) is 2.95. The molecule has 0 radical (unpaired) electrons. The molecule has 0 bridgehead atoms. The molecular weight excluding hydrogens is 496 g/mol. The molecule has 40 heavy (non-hydrogen) atoms. The Labute approximate surface area is 238 Å². The van der Waals surface area contributed by atoms with E-state index in [2.05, 4.69) is 13.8 Å². The van der Waals surface area contributed by atoms with Gasteiger partial charge in [-0.15, -0.1) is 0 Å². The van der Waals surface area contributed by atoms with Crippen LogP contribution in [0.25, 0.3) is 11.1 Å². The van der Waals surface area contributed by atoms with E-state index in [9.17, 15) is 9.59 Å². The molecule has 4 aromatic carbocycles. The highest BCUT2D eigenvalue weighted by molar-refractivity contribution is 5.95. The van der Waals surface area contributed by atoms with Gasteiger partial charge in [0.05, 0.1) is 11.1 Å². The maximum Gasteiger partial charge on any atom is 0.343 e. The molecule has 4 heteroatoms. The van der Waals surface area contributed by atoms with Gasteiger partial charge in [-0.2, -0.15) is 0 Å². The number of hydrogen-bond acceptors (Lipinski definition) is 4. The van der Waals surface area contributed by atoms with Crippen molar-refractivity contribution >= 4 is 11.9 Å². The number of benzene rings is 4. The summed E-state index contributed by atoms with van der Waals surface area (Å²) in [4.78, 5) is 26.5. The van der Waals surface area contributed by atoms with Gasteiger partial charge in [0.25, 0.3) is 0 Å². The average molecular weight is 535 g/mol. The van der Waals surface area contributed by atoms with E-state index in [0.717, 1.165) is 59.1 Å². The third kappa shape index (κ3) is 6.34. The Bertz CT molecular complexity index is 1400. The van der Waals surface area contributed by atoms with Gasteiger partial charge in [-0.3, -0.25) is 0 Å². The zero-order valence-electron chi connectivity index (χ0n) is 24.4. The topological polar surface area (TPSA) is 52.6 Å². The molecule has 0 atom stereocenters. The van der Waals surface area contributed by atoms with Crippen molar-refractivity contribution in [2.24, 2.45) is 0 Å². The van der Waals surface area contributed by atoms with Crippen molar-refractivity contribution in [1.29, 1.82) is 0 Å². The summed E-state index contributed by atoms with van der Waals surface area (Å²) in [6, 6.07) is 22.7. The minimum Gasteiger partial charge on any atom is -0.422 e. The van der Waals surface area contributed by atoms with Gasteiger partial charge in [-0.1, -0.05) is 63.1 Å². The third-order valence-electron chi connectivity index (χ3n) is 7.51. The Morgan fingerprint density at radius 1 is 0.525 bits per heavy atom. The van der Waals surface area contributed by atoms with Crippen molar-refractivity contribution in [3.8, 4) is 22.6 Å². The summed E-state index contributed by atoms with van der Waals surface area (Å²) in [5, 5.41) is 0. The molecule has 4 rings (SSSR count). The van der Waals surface area contributed by atoms with Gasteiger partial charge in [0, 0.05) is 11.1 Å². The van der Waals surface area contributed by atoms with Crippen molar-refractivity contribution in [2.45, 2.75) is 67.2 Å². The number of hydrogen-bond donors (Lipinski definition) is 0.